The monoisotopic (exact) mass is 367 g/mol. The average Bonchev–Trinajstić information content (AvgIpc) is 3.24. The van der Waals surface area contributed by atoms with Gasteiger partial charge in [0.15, 0.2) is 0 Å². The van der Waals surface area contributed by atoms with Gasteiger partial charge < -0.3 is 9.80 Å². The van der Waals surface area contributed by atoms with Crippen molar-refractivity contribution in [1.82, 2.24) is 25.0 Å². The minimum Gasteiger partial charge on any atom is -0.342 e. The van der Waals surface area contributed by atoms with Gasteiger partial charge in [-0.15, -0.1) is 0 Å². The van der Waals surface area contributed by atoms with E-state index in [-0.39, 0.29) is 17.2 Å². The zero-order chi connectivity index (χ0) is 18.7. The van der Waals surface area contributed by atoms with Crippen LogP contribution in [0.1, 0.15) is 41.9 Å². The number of carbonyl (C=O) groups is 2. The van der Waals surface area contributed by atoms with Gasteiger partial charge in [-0.2, -0.15) is 5.10 Å². The summed E-state index contributed by atoms with van der Waals surface area (Å²) in [5.41, 5.74) is 1.54. The first kappa shape index (κ1) is 17.7. The minimum absolute atomic E-state index is 0.00325. The summed E-state index contributed by atoms with van der Waals surface area (Å²) >= 11 is 0. The molecule has 27 heavy (non-hydrogen) atoms. The molecule has 7 heteroatoms. The van der Waals surface area contributed by atoms with Gasteiger partial charge in [0, 0.05) is 62.5 Å². The van der Waals surface area contributed by atoms with Crippen molar-refractivity contribution < 1.29 is 9.59 Å². The van der Waals surface area contributed by atoms with E-state index in [1.807, 2.05) is 28.0 Å². The second-order valence-corrected chi connectivity index (χ2v) is 7.69. The summed E-state index contributed by atoms with van der Waals surface area (Å²) in [6.07, 6.45) is 7.61. The van der Waals surface area contributed by atoms with Gasteiger partial charge in [0.25, 0.3) is 5.91 Å². The first-order valence-corrected chi connectivity index (χ1v) is 9.62. The molecule has 7 nitrogen and oxygen atoms in total. The van der Waals surface area contributed by atoms with Crippen molar-refractivity contribution in [2.75, 3.05) is 26.2 Å². The summed E-state index contributed by atoms with van der Waals surface area (Å²) in [7, 11) is 0. The third-order valence-electron chi connectivity index (χ3n) is 5.79. The molecule has 0 unspecified atom stereocenters. The molecule has 4 heterocycles. The molecular weight excluding hydrogens is 342 g/mol. The van der Waals surface area contributed by atoms with E-state index in [9.17, 15) is 9.59 Å². The molecule has 0 aromatic carbocycles. The van der Waals surface area contributed by atoms with Gasteiger partial charge >= 0.3 is 0 Å². The SMILES string of the molecule is O=C1CC[C@]2(CCCN(C(=O)c3ccn[nH]3)C2)CN1CCc1ccccn1. The van der Waals surface area contributed by atoms with Crippen molar-refractivity contribution >= 4 is 11.8 Å². The van der Waals surface area contributed by atoms with Crippen molar-refractivity contribution in [1.29, 1.82) is 0 Å². The molecule has 1 N–H and O–H groups in total. The quantitative estimate of drug-likeness (QED) is 0.895. The van der Waals surface area contributed by atoms with E-state index >= 15 is 0 Å². The van der Waals surface area contributed by atoms with E-state index in [4.69, 9.17) is 0 Å². The number of nitrogens with zero attached hydrogens (tertiary/aromatic N) is 4. The summed E-state index contributed by atoms with van der Waals surface area (Å²) in [6, 6.07) is 7.59. The van der Waals surface area contributed by atoms with Crippen LogP contribution in [0.25, 0.3) is 0 Å². The number of pyridine rings is 1. The lowest BCUT2D eigenvalue weighted by Gasteiger charge is -2.48. The van der Waals surface area contributed by atoms with Crippen LogP contribution in [0.3, 0.4) is 0 Å². The van der Waals surface area contributed by atoms with Crippen LogP contribution in [0.15, 0.2) is 36.7 Å². The molecule has 2 aliphatic heterocycles. The van der Waals surface area contributed by atoms with Crippen LogP contribution in [0, 0.1) is 5.41 Å². The van der Waals surface area contributed by atoms with Crippen LogP contribution in [0.4, 0.5) is 0 Å². The summed E-state index contributed by atoms with van der Waals surface area (Å²) in [5.74, 6) is 0.220. The lowest BCUT2D eigenvalue weighted by Crippen LogP contribution is -2.55. The molecule has 2 fully saturated rings. The Kier molecular flexibility index (Phi) is 4.92. The Labute approximate surface area is 158 Å². The number of hydrogen-bond acceptors (Lipinski definition) is 4. The largest absolute Gasteiger partial charge is 0.342 e. The molecule has 2 saturated heterocycles. The van der Waals surface area contributed by atoms with E-state index in [1.54, 1.807) is 18.5 Å². The van der Waals surface area contributed by atoms with Crippen molar-refractivity contribution in [2.45, 2.75) is 32.1 Å². The molecule has 2 aliphatic rings. The first-order chi connectivity index (χ1) is 13.2. The molecule has 2 amide bonds. The molecule has 142 valence electrons. The number of likely N-dealkylation sites (tertiary alicyclic amines) is 2. The maximum Gasteiger partial charge on any atom is 0.271 e. The maximum absolute atomic E-state index is 12.7. The highest BCUT2D eigenvalue weighted by Gasteiger charge is 2.42. The fourth-order valence-electron chi connectivity index (χ4n) is 4.36. The fraction of sp³-hybridized carbons (Fsp3) is 0.500. The van der Waals surface area contributed by atoms with Gasteiger partial charge in [0.05, 0.1) is 0 Å². The third kappa shape index (κ3) is 3.86. The number of aromatic nitrogens is 3. The summed E-state index contributed by atoms with van der Waals surface area (Å²) in [5, 5.41) is 6.65. The molecule has 2 aromatic heterocycles. The van der Waals surface area contributed by atoms with E-state index in [2.05, 4.69) is 15.2 Å². The zero-order valence-corrected chi connectivity index (χ0v) is 15.4. The number of hydrogen-bond donors (Lipinski definition) is 1. The van der Waals surface area contributed by atoms with Crippen molar-refractivity contribution in [3.05, 3.63) is 48.0 Å². The number of amides is 2. The predicted molar refractivity (Wildman–Crippen MR) is 99.9 cm³/mol. The topological polar surface area (TPSA) is 82.2 Å². The molecule has 0 aliphatic carbocycles. The molecule has 1 atom stereocenters. The molecular formula is C20H25N5O2. The number of H-pyrrole nitrogens is 1. The number of aromatic amines is 1. The third-order valence-corrected chi connectivity index (χ3v) is 5.79. The molecule has 2 aromatic rings. The standard InChI is InChI=1S/C20H25N5O2/c26-18-5-9-20(14-24(18)13-7-16-4-1-2-10-21-16)8-3-12-25(15-20)19(27)17-6-11-22-23-17/h1-2,4,6,10-11H,3,5,7-9,12-15H2,(H,22,23)/t20-/m1/s1. The lowest BCUT2D eigenvalue weighted by atomic mass is 9.73. The van der Waals surface area contributed by atoms with Crippen molar-refractivity contribution in [3.8, 4) is 0 Å². The summed E-state index contributed by atoms with van der Waals surface area (Å²) < 4.78 is 0. The van der Waals surface area contributed by atoms with Crippen molar-refractivity contribution in [2.24, 2.45) is 5.41 Å². The number of rotatable bonds is 4. The van der Waals surface area contributed by atoms with Gasteiger partial charge in [-0.05, 0) is 37.5 Å². The van der Waals surface area contributed by atoms with E-state index < -0.39 is 0 Å². The van der Waals surface area contributed by atoms with Gasteiger partial charge in [0.2, 0.25) is 5.91 Å². The Morgan fingerprint density at radius 1 is 1.19 bits per heavy atom. The van der Waals surface area contributed by atoms with Gasteiger partial charge in [-0.1, -0.05) is 6.07 Å². The molecule has 1 spiro atoms. The minimum atomic E-state index is 0.00325. The predicted octanol–water partition coefficient (Wildman–Crippen LogP) is 1.89. The molecule has 0 radical (unpaired) electrons. The Balaban J connectivity index is 1.42. The van der Waals surface area contributed by atoms with Gasteiger partial charge in [-0.25, -0.2) is 0 Å². The Morgan fingerprint density at radius 2 is 2.11 bits per heavy atom. The van der Waals surface area contributed by atoms with E-state index in [0.717, 1.165) is 44.5 Å². The van der Waals surface area contributed by atoms with Crippen LogP contribution in [0.5, 0.6) is 0 Å². The average molecular weight is 367 g/mol. The first-order valence-electron chi connectivity index (χ1n) is 9.62. The van der Waals surface area contributed by atoms with Gasteiger partial charge in [0.1, 0.15) is 5.69 Å². The maximum atomic E-state index is 12.7. The van der Waals surface area contributed by atoms with Crippen LogP contribution in [0.2, 0.25) is 0 Å². The normalized spacial score (nSPS) is 23.0. The highest BCUT2D eigenvalue weighted by atomic mass is 16.2. The Hall–Kier alpha value is -2.70. The Bertz CT molecular complexity index is 792. The zero-order valence-electron chi connectivity index (χ0n) is 15.4. The van der Waals surface area contributed by atoms with Crippen LogP contribution < -0.4 is 0 Å². The lowest BCUT2D eigenvalue weighted by molar-refractivity contribution is -0.138. The highest BCUT2D eigenvalue weighted by molar-refractivity contribution is 5.92. The summed E-state index contributed by atoms with van der Waals surface area (Å²) in [6.45, 7) is 2.89. The van der Waals surface area contributed by atoms with E-state index in [0.29, 0.717) is 25.2 Å². The molecule has 0 bridgehead atoms. The number of piperidine rings is 2. The van der Waals surface area contributed by atoms with Crippen LogP contribution in [-0.4, -0.2) is 63.0 Å². The Morgan fingerprint density at radius 3 is 2.89 bits per heavy atom. The number of carbonyl (C=O) groups excluding carboxylic acids is 2. The second-order valence-electron chi connectivity index (χ2n) is 7.69. The molecule has 0 saturated carbocycles. The van der Waals surface area contributed by atoms with Crippen LogP contribution in [-0.2, 0) is 11.2 Å². The smallest absolute Gasteiger partial charge is 0.271 e. The van der Waals surface area contributed by atoms with Crippen molar-refractivity contribution in [3.63, 3.8) is 0 Å². The highest BCUT2D eigenvalue weighted by Crippen LogP contribution is 2.39. The fourth-order valence-corrected chi connectivity index (χ4v) is 4.36. The summed E-state index contributed by atoms with van der Waals surface area (Å²) in [4.78, 5) is 33.4. The van der Waals surface area contributed by atoms with Crippen LogP contribution >= 0.6 is 0 Å². The van der Waals surface area contributed by atoms with E-state index in [1.165, 1.54) is 0 Å². The second kappa shape index (κ2) is 7.50. The van der Waals surface area contributed by atoms with Gasteiger partial charge in [-0.3, -0.25) is 19.7 Å². The number of nitrogens with one attached hydrogen (secondary N) is 1. The molecule has 4 rings (SSSR count).